The maximum atomic E-state index is 10.6. The smallest absolute Gasteiger partial charge is 0.475 e. The average Bonchev–Trinajstić information content (AvgIpc) is 3.21. The first-order valence-corrected chi connectivity index (χ1v) is 12.3. The van der Waals surface area contributed by atoms with E-state index >= 15 is 0 Å². The summed E-state index contributed by atoms with van der Waals surface area (Å²) in [4.78, 5) is 29.3. The number of pyridine rings is 1. The predicted molar refractivity (Wildman–Crippen MR) is 125 cm³/mol. The Hall–Kier alpha value is -2.82. The maximum Gasteiger partial charge on any atom is 0.490 e. The summed E-state index contributed by atoms with van der Waals surface area (Å²) < 4.78 is 75.7. The number of ether oxygens (including phenoxy) is 2. The van der Waals surface area contributed by atoms with E-state index in [1.165, 1.54) is 5.01 Å². The van der Waals surface area contributed by atoms with Crippen LogP contribution in [-0.2, 0) is 32.2 Å². The Kier molecular flexibility index (Phi) is 11.2. The van der Waals surface area contributed by atoms with Gasteiger partial charge >= 0.3 is 24.3 Å². The summed E-state index contributed by atoms with van der Waals surface area (Å²) in [5, 5.41) is 17.6. The van der Waals surface area contributed by atoms with Crippen molar-refractivity contribution in [2.75, 3.05) is 19.7 Å². The third-order valence-electron chi connectivity index (χ3n) is 5.39. The van der Waals surface area contributed by atoms with Gasteiger partial charge in [0.2, 0.25) is 0 Å². The molecule has 1 spiro atoms. The highest BCUT2D eigenvalue weighted by Gasteiger charge is 2.47. The second-order valence-electron chi connectivity index (χ2n) is 8.86. The number of aryl methyl sites for hydroxylation is 2. The van der Waals surface area contributed by atoms with Crippen LogP contribution in [0.5, 0.6) is 0 Å². The zero-order valence-corrected chi connectivity index (χ0v) is 21.7. The zero-order valence-electron chi connectivity index (χ0n) is 20.9. The van der Waals surface area contributed by atoms with Crippen molar-refractivity contribution in [3.63, 3.8) is 0 Å². The third kappa shape index (κ3) is 11.1. The Morgan fingerprint density at radius 3 is 2.15 bits per heavy atom. The number of nitrogens with zero attached hydrogens (tertiary/aromatic N) is 3. The number of hydrogen-bond acceptors (Lipinski definition) is 8. The molecule has 2 aliphatic rings. The van der Waals surface area contributed by atoms with Gasteiger partial charge in [0.15, 0.2) is 0 Å². The molecule has 0 radical (unpaired) electrons. The summed E-state index contributed by atoms with van der Waals surface area (Å²) in [7, 11) is 0. The van der Waals surface area contributed by atoms with Crippen molar-refractivity contribution < 1.29 is 55.6 Å². The first-order chi connectivity index (χ1) is 18.0. The number of thiazole rings is 1. The van der Waals surface area contributed by atoms with Crippen molar-refractivity contribution in [1.29, 1.82) is 0 Å². The molecule has 4 heterocycles. The number of carbonyl (C=O) groups is 2. The molecule has 0 aromatic carbocycles. The van der Waals surface area contributed by atoms with Crippen molar-refractivity contribution in [2.45, 2.75) is 63.9 Å². The molecule has 16 heteroatoms. The third-order valence-corrected chi connectivity index (χ3v) is 6.35. The number of carboxylic acids is 2. The van der Waals surface area contributed by atoms with Gasteiger partial charge in [0, 0.05) is 42.9 Å². The second kappa shape index (κ2) is 13.5. The largest absolute Gasteiger partial charge is 0.490 e. The zero-order chi connectivity index (χ0) is 29.4. The quantitative estimate of drug-likeness (QED) is 0.491. The normalized spacial score (nSPS) is 18.7. The molecule has 2 aromatic heterocycles. The summed E-state index contributed by atoms with van der Waals surface area (Å²) in [6.45, 7) is 8.33. The van der Waals surface area contributed by atoms with Crippen molar-refractivity contribution in [2.24, 2.45) is 0 Å². The Bertz CT molecular complexity index is 1080. The van der Waals surface area contributed by atoms with Crippen LogP contribution in [0, 0.1) is 13.8 Å². The molecule has 0 aliphatic carbocycles. The van der Waals surface area contributed by atoms with Gasteiger partial charge in [-0.2, -0.15) is 26.3 Å². The number of halogens is 6. The number of carboxylic acid groups (broad SMARTS) is 2. The number of hydrogen-bond donors (Lipinski definition) is 2. The highest BCUT2D eigenvalue weighted by Crippen LogP contribution is 2.36. The highest BCUT2D eigenvalue weighted by molar-refractivity contribution is 7.09. The van der Waals surface area contributed by atoms with E-state index in [0.717, 1.165) is 56.2 Å². The van der Waals surface area contributed by atoms with Gasteiger partial charge in [-0.3, -0.25) is 9.88 Å². The number of aliphatic carboxylic acids is 2. The van der Waals surface area contributed by atoms with E-state index < -0.39 is 24.3 Å². The van der Waals surface area contributed by atoms with E-state index in [1.807, 2.05) is 32.0 Å². The summed E-state index contributed by atoms with van der Waals surface area (Å²) >= 11 is 1.74. The fourth-order valence-electron chi connectivity index (χ4n) is 3.78. The van der Waals surface area contributed by atoms with Gasteiger partial charge in [0.05, 0.1) is 30.6 Å². The molecular weight excluding hydrogens is 560 g/mol. The Labute approximate surface area is 223 Å². The molecule has 1 atom stereocenters. The van der Waals surface area contributed by atoms with Crippen LogP contribution in [0.4, 0.5) is 26.3 Å². The van der Waals surface area contributed by atoms with Crippen molar-refractivity contribution in [1.82, 2.24) is 14.9 Å². The predicted octanol–water partition coefficient (Wildman–Crippen LogP) is 4.37. The molecule has 2 saturated heterocycles. The number of rotatable bonds is 5. The van der Waals surface area contributed by atoms with Crippen LogP contribution in [0.1, 0.15) is 34.9 Å². The lowest BCUT2D eigenvalue weighted by atomic mass is 9.84. The molecule has 0 bridgehead atoms. The minimum atomic E-state index is -5.08. The van der Waals surface area contributed by atoms with E-state index in [4.69, 9.17) is 29.3 Å². The molecule has 2 N–H and O–H groups in total. The molecule has 2 aromatic rings. The Morgan fingerprint density at radius 1 is 1.08 bits per heavy atom. The summed E-state index contributed by atoms with van der Waals surface area (Å²) in [6.07, 6.45) is -7.95. The fourth-order valence-corrected chi connectivity index (χ4v) is 4.59. The average molecular weight is 588 g/mol. The lowest BCUT2D eigenvalue weighted by Gasteiger charge is -2.53. The Balaban J connectivity index is 0.000000317. The molecule has 1 unspecified atom stereocenters. The minimum absolute atomic E-state index is 0.0186. The lowest BCUT2D eigenvalue weighted by Crippen LogP contribution is -2.65. The lowest BCUT2D eigenvalue weighted by molar-refractivity contribution is -0.200. The van der Waals surface area contributed by atoms with E-state index in [-0.39, 0.29) is 11.7 Å². The molecule has 4 rings (SSSR count). The molecule has 2 aliphatic heterocycles. The van der Waals surface area contributed by atoms with Gasteiger partial charge in [-0.05, 0) is 32.4 Å². The maximum absolute atomic E-state index is 10.6. The molecular formula is C23H27F6N3O6S. The SMILES string of the molecule is Cc1cccc(COC2CCOC3(C2)CN(Cc2nc(C)cs2)C3)n1.O=C(O)C(F)(F)F.O=C(O)C(F)(F)F. The summed E-state index contributed by atoms with van der Waals surface area (Å²) in [5.74, 6) is -5.51. The van der Waals surface area contributed by atoms with Crippen LogP contribution in [0.3, 0.4) is 0 Å². The van der Waals surface area contributed by atoms with Gasteiger partial charge in [0.1, 0.15) is 5.01 Å². The molecule has 0 saturated carbocycles. The van der Waals surface area contributed by atoms with E-state index in [2.05, 4.69) is 20.2 Å². The monoisotopic (exact) mass is 587 g/mol. The van der Waals surface area contributed by atoms with Gasteiger partial charge in [-0.15, -0.1) is 11.3 Å². The minimum Gasteiger partial charge on any atom is -0.475 e. The summed E-state index contributed by atoms with van der Waals surface area (Å²) in [5.41, 5.74) is 3.14. The van der Waals surface area contributed by atoms with Crippen LogP contribution >= 0.6 is 11.3 Å². The van der Waals surface area contributed by atoms with Crippen molar-refractivity contribution >= 4 is 23.3 Å². The number of alkyl halides is 6. The first-order valence-electron chi connectivity index (χ1n) is 11.4. The molecule has 218 valence electrons. The van der Waals surface area contributed by atoms with Gasteiger partial charge in [0.25, 0.3) is 0 Å². The molecule has 39 heavy (non-hydrogen) atoms. The molecule has 2 fully saturated rings. The van der Waals surface area contributed by atoms with Crippen LogP contribution in [0.2, 0.25) is 0 Å². The number of aromatic nitrogens is 2. The molecule has 0 amide bonds. The standard InChI is InChI=1S/C19H25N3O2S.2C2HF3O2/c1-14-4-3-5-16(20-14)10-23-17-6-7-24-19(8-17)12-22(13-19)9-18-21-15(2)11-25-18;2*3-2(4,5)1(6)7/h3-5,11,17H,6-10,12-13H2,1-2H3;2*(H,6,7). The first kappa shape index (κ1) is 32.4. The van der Waals surface area contributed by atoms with Gasteiger partial charge in [-0.25, -0.2) is 14.6 Å². The van der Waals surface area contributed by atoms with E-state index in [9.17, 15) is 26.3 Å². The van der Waals surface area contributed by atoms with Crippen LogP contribution in [0.15, 0.2) is 23.6 Å². The van der Waals surface area contributed by atoms with Crippen LogP contribution < -0.4 is 0 Å². The van der Waals surface area contributed by atoms with E-state index in [0.29, 0.717) is 6.61 Å². The highest BCUT2D eigenvalue weighted by atomic mass is 32.1. The Morgan fingerprint density at radius 2 is 1.67 bits per heavy atom. The van der Waals surface area contributed by atoms with Gasteiger partial charge < -0.3 is 19.7 Å². The van der Waals surface area contributed by atoms with E-state index in [1.54, 1.807) is 11.3 Å². The fraction of sp³-hybridized carbons (Fsp3) is 0.565. The topological polar surface area (TPSA) is 122 Å². The van der Waals surface area contributed by atoms with Crippen molar-refractivity contribution in [3.8, 4) is 0 Å². The van der Waals surface area contributed by atoms with Crippen molar-refractivity contribution in [3.05, 3.63) is 45.7 Å². The molecule has 9 nitrogen and oxygen atoms in total. The summed E-state index contributed by atoms with van der Waals surface area (Å²) in [6, 6.07) is 6.08. The van der Waals surface area contributed by atoms with Gasteiger partial charge in [-0.1, -0.05) is 6.07 Å². The van der Waals surface area contributed by atoms with Crippen LogP contribution in [0.25, 0.3) is 0 Å². The number of likely N-dealkylation sites (tertiary alicyclic amines) is 1. The van der Waals surface area contributed by atoms with Crippen LogP contribution in [-0.4, -0.2) is 80.8 Å². The second-order valence-corrected chi connectivity index (χ2v) is 9.80.